The first-order valence-electron chi connectivity index (χ1n) is 8.87. The number of hydrogen-bond acceptors (Lipinski definition) is 7. The van der Waals surface area contributed by atoms with E-state index < -0.39 is 0 Å². The summed E-state index contributed by atoms with van der Waals surface area (Å²) in [5, 5.41) is 3.12. The van der Waals surface area contributed by atoms with Gasteiger partial charge in [-0.1, -0.05) is 0 Å². The van der Waals surface area contributed by atoms with Gasteiger partial charge in [0.2, 0.25) is 5.91 Å². The van der Waals surface area contributed by atoms with E-state index in [2.05, 4.69) is 15.3 Å². The molecule has 0 radical (unpaired) electrons. The largest absolute Gasteiger partial charge is 0.493 e. The minimum atomic E-state index is -0.187. The molecule has 1 N–H and O–H groups in total. The number of piperazine rings is 1. The summed E-state index contributed by atoms with van der Waals surface area (Å²) >= 11 is 0. The number of amides is 2. The molecule has 0 saturated carbocycles. The second-order valence-corrected chi connectivity index (χ2v) is 6.28. The third-order valence-corrected chi connectivity index (χ3v) is 4.54. The Kier molecular flexibility index (Phi) is 5.93. The van der Waals surface area contributed by atoms with Crippen LogP contribution in [0.5, 0.6) is 11.5 Å². The first kappa shape index (κ1) is 19.4. The molecule has 0 aliphatic carbocycles. The highest BCUT2D eigenvalue weighted by atomic mass is 16.5. The molecule has 3 rings (SSSR count). The lowest BCUT2D eigenvalue weighted by atomic mass is 10.2. The summed E-state index contributed by atoms with van der Waals surface area (Å²) in [6.07, 6.45) is 2.96. The summed E-state index contributed by atoms with van der Waals surface area (Å²) in [6.45, 7) is 3.59. The van der Waals surface area contributed by atoms with E-state index in [0.29, 0.717) is 43.5 Å². The van der Waals surface area contributed by atoms with Crippen LogP contribution in [0.25, 0.3) is 0 Å². The molecule has 1 aromatic carbocycles. The number of anilines is 2. The van der Waals surface area contributed by atoms with Crippen molar-refractivity contribution in [1.82, 2.24) is 19.8 Å². The summed E-state index contributed by atoms with van der Waals surface area (Å²) in [5.74, 6) is 1.57. The number of nitrogens with one attached hydrogen (secondary N) is 1. The van der Waals surface area contributed by atoms with Crippen molar-refractivity contribution in [3.63, 3.8) is 0 Å². The number of carbonyl (C=O) groups excluding carboxylic acids is 2. The predicted molar refractivity (Wildman–Crippen MR) is 103 cm³/mol. The molecule has 1 saturated heterocycles. The number of nitrogens with zero attached hydrogens (tertiary/aromatic N) is 4. The van der Waals surface area contributed by atoms with Crippen LogP contribution in [0.2, 0.25) is 0 Å². The first-order valence-corrected chi connectivity index (χ1v) is 8.87. The van der Waals surface area contributed by atoms with Gasteiger partial charge in [0.25, 0.3) is 5.91 Å². The highest BCUT2D eigenvalue weighted by Gasteiger charge is 2.24. The van der Waals surface area contributed by atoms with Crippen LogP contribution < -0.4 is 14.8 Å². The Bertz CT molecular complexity index is 848. The zero-order valence-corrected chi connectivity index (χ0v) is 16.1. The molecule has 2 amide bonds. The predicted octanol–water partition coefficient (Wildman–Crippen LogP) is 1.54. The van der Waals surface area contributed by atoms with Gasteiger partial charge >= 0.3 is 0 Å². The molecule has 148 valence electrons. The molecule has 1 aliphatic heterocycles. The van der Waals surface area contributed by atoms with Gasteiger partial charge in [0, 0.05) is 44.9 Å². The third-order valence-electron chi connectivity index (χ3n) is 4.54. The Hall–Kier alpha value is -3.36. The third kappa shape index (κ3) is 4.30. The minimum absolute atomic E-state index is 0.0254. The van der Waals surface area contributed by atoms with Gasteiger partial charge in [0.05, 0.1) is 26.6 Å². The van der Waals surface area contributed by atoms with Crippen LogP contribution in [0.1, 0.15) is 17.4 Å². The standard InChI is InChI=1S/C19H23N5O4/c1-13(25)23-6-8-24(9-7-23)19(26)15-11-21-18(12-20-15)22-14-4-5-16(27-2)17(10-14)28-3/h4-5,10-12H,6-9H2,1-3H3,(H,21,22). The number of aromatic nitrogens is 2. The monoisotopic (exact) mass is 385 g/mol. The van der Waals surface area contributed by atoms with Gasteiger partial charge < -0.3 is 24.6 Å². The lowest BCUT2D eigenvalue weighted by molar-refractivity contribution is -0.130. The summed E-state index contributed by atoms with van der Waals surface area (Å²) in [6, 6.07) is 5.40. The van der Waals surface area contributed by atoms with E-state index in [1.165, 1.54) is 19.3 Å². The van der Waals surface area contributed by atoms with Crippen LogP contribution in [0.15, 0.2) is 30.6 Å². The quantitative estimate of drug-likeness (QED) is 0.834. The topological polar surface area (TPSA) is 96.9 Å². The highest BCUT2D eigenvalue weighted by Crippen LogP contribution is 2.30. The first-order chi connectivity index (χ1) is 13.5. The van der Waals surface area contributed by atoms with Crippen molar-refractivity contribution in [2.45, 2.75) is 6.92 Å². The highest BCUT2D eigenvalue weighted by molar-refractivity contribution is 5.92. The maximum Gasteiger partial charge on any atom is 0.274 e. The normalized spacial score (nSPS) is 13.8. The zero-order valence-electron chi connectivity index (χ0n) is 16.1. The molecule has 9 heteroatoms. The van der Waals surface area contributed by atoms with Crippen molar-refractivity contribution in [3.8, 4) is 11.5 Å². The minimum Gasteiger partial charge on any atom is -0.493 e. The Morgan fingerprint density at radius 3 is 2.21 bits per heavy atom. The molecule has 1 fully saturated rings. The summed E-state index contributed by atoms with van der Waals surface area (Å²) in [4.78, 5) is 35.9. The maximum absolute atomic E-state index is 12.6. The second-order valence-electron chi connectivity index (χ2n) is 6.28. The lowest BCUT2D eigenvalue weighted by Gasteiger charge is -2.33. The van der Waals surface area contributed by atoms with Crippen LogP contribution in [0.3, 0.4) is 0 Å². The second kappa shape index (κ2) is 8.55. The fourth-order valence-corrected chi connectivity index (χ4v) is 2.95. The van der Waals surface area contributed by atoms with Crippen molar-refractivity contribution in [3.05, 3.63) is 36.3 Å². The number of ether oxygens (including phenoxy) is 2. The van der Waals surface area contributed by atoms with Crippen LogP contribution in [-0.4, -0.2) is 72.0 Å². The Morgan fingerprint density at radius 1 is 0.964 bits per heavy atom. The van der Waals surface area contributed by atoms with E-state index in [1.807, 2.05) is 6.07 Å². The number of carbonyl (C=O) groups is 2. The fourth-order valence-electron chi connectivity index (χ4n) is 2.95. The smallest absolute Gasteiger partial charge is 0.274 e. The van der Waals surface area contributed by atoms with E-state index in [0.717, 1.165) is 5.69 Å². The zero-order chi connectivity index (χ0) is 20.1. The molecule has 2 heterocycles. The van der Waals surface area contributed by atoms with Crippen molar-refractivity contribution in [2.24, 2.45) is 0 Å². The Labute approximate surface area is 163 Å². The average Bonchev–Trinajstić information content (AvgIpc) is 2.73. The van der Waals surface area contributed by atoms with Crippen molar-refractivity contribution >= 4 is 23.3 Å². The molecule has 0 unspecified atom stereocenters. The summed E-state index contributed by atoms with van der Waals surface area (Å²) in [7, 11) is 3.14. The SMILES string of the molecule is COc1ccc(Nc2cnc(C(=O)N3CCN(C(C)=O)CC3)cn2)cc1OC. The molecular weight excluding hydrogens is 362 g/mol. The fraction of sp³-hybridized carbons (Fsp3) is 0.368. The molecular formula is C19H23N5O4. The van der Waals surface area contributed by atoms with Crippen molar-refractivity contribution in [1.29, 1.82) is 0 Å². The van der Waals surface area contributed by atoms with E-state index in [9.17, 15) is 9.59 Å². The molecule has 1 aromatic heterocycles. The van der Waals surface area contributed by atoms with Gasteiger partial charge in [0.15, 0.2) is 11.5 Å². The number of rotatable bonds is 5. The molecule has 9 nitrogen and oxygen atoms in total. The van der Waals surface area contributed by atoms with Crippen LogP contribution >= 0.6 is 0 Å². The molecule has 0 spiro atoms. The Morgan fingerprint density at radius 2 is 1.64 bits per heavy atom. The van der Waals surface area contributed by atoms with Gasteiger partial charge in [-0.15, -0.1) is 0 Å². The molecule has 1 aliphatic rings. The lowest BCUT2D eigenvalue weighted by Crippen LogP contribution is -2.50. The summed E-state index contributed by atoms with van der Waals surface area (Å²) < 4.78 is 10.5. The maximum atomic E-state index is 12.6. The van der Waals surface area contributed by atoms with E-state index >= 15 is 0 Å². The van der Waals surface area contributed by atoms with Gasteiger partial charge in [-0.3, -0.25) is 9.59 Å². The average molecular weight is 385 g/mol. The van der Waals surface area contributed by atoms with Gasteiger partial charge in [-0.05, 0) is 12.1 Å². The molecule has 0 atom stereocenters. The van der Waals surface area contributed by atoms with Crippen LogP contribution in [0.4, 0.5) is 11.5 Å². The van der Waals surface area contributed by atoms with E-state index in [-0.39, 0.29) is 17.5 Å². The van der Waals surface area contributed by atoms with Crippen LogP contribution in [-0.2, 0) is 4.79 Å². The molecule has 28 heavy (non-hydrogen) atoms. The van der Waals surface area contributed by atoms with Crippen molar-refractivity contribution in [2.75, 3.05) is 45.7 Å². The van der Waals surface area contributed by atoms with Crippen LogP contribution in [0, 0.1) is 0 Å². The van der Waals surface area contributed by atoms with Gasteiger partial charge in [0.1, 0.15) is 11.5 Å². The molecule has 0 bridgehead atoms. The van der Waals surface area contributed by atoms with E-state index in [1.54, 1.807) is 36.2 Å². The summed E-state index contributed by atoms with van der Waals surface area (Å²) in [5.41, 5.74) is 1.03. The number of methoxy groups -OCH3 is 2. The molecule has 2 aromatic rings. The van der Waals surface area contributed by atoms with Crippen molar-refractivity contribution < 1.29 is 19.1 Å². The Balaban J connectivity index is 1.64. The van der Waals surface area contributed by atoms with Gasteiger partial charge in [-0.25, -0.2) is 9.97 Å². The van der Waals surface area contributed by atoms with E-state index in [4.69, 9.17) is 9.47 Å². The number of hydrogen-bond donors (Lipinski definition) is 1. The van der Waals surface area contributed by atoms with Gasteiger partial charge in [-0.2, -0.15) is 0 Å². The number of benzene rings is 1.